The first-order chi connectivity index (χ1) is 6.86. The number of hydrogen-bond donors (Lipinski definition) is 2. The van der Waals surface area contributed by atoms with Crippen LogP contribution in [0, 0.1) is 0 Å². The summed E-state index contributed by atoms with van der Waals surface area (Å²) in [6, 6.07) is 0. The highest BCUT2D eigenvalue weighted by Gasteiger charge is 2.10. The second kappa shape index (κ2) is 4.03. The molecule has 0 saturated carbocycles. The highest BCUT2D eigenvalue weighted by Crippen LogP contribution is 1.98. The third kappa shape index (κ3) is 1.98. The van der Waals surface area contributed by atoms with Crippen LogP contribution in [-0.4, -0.2) is 51.6 Å². The van der Waals surface area contributed by atoms with Crippen molar-refractivity contribution in [3.05, 3.63) is 5.82 Å². The van der Waals surface area contributed by atoms with Crippen LogP contribution in [0.25, 0.3) is 0 Å². The third-order valence-corrected chi connectivity index (χ3v) is 2.07. The average molecular weight is 195 g/mol. The van der Waals surface area contributed by atoms with Crippen molar-refractivity contribution in [2.75, 3.05) is 20.1 Å². The lowest BCUT2D eigenvalue weighted by Gasteiger charge is -2.25. The Morgan fingerprint density at radius 1 is 1.57 bits per heavy atom. The van der Waals surface area contributed by atoms with Gasteiger partial charge in [0.15, 0.2) is 11.8 Å². The zero-order valence-corrected chi connectivity index (χ0v) is 8.06. The molecule has 7 nitrogen and oxygen atoms in total. The van der Waals surface area contributed by atoms with Crippen LogP contribution in [0.5, 0.6) is 0 Å². The molecule has 1 aliphatic rings. The lowest BCUT2D eigenvalue weighted by Crippen LogP contribution is -2.41. The molecule has 1 aromatic heterocycles. The predicted octanol–water partition coefficient (Wildman–Crippen LogP) is -1.02. The number of nitrogens with one attached hydrogen (secondary N) is 2. The van der Waals surface area contributed by atoms with E-state index in [1.807, 2.05) is 7.05 Å². The summed E-state index contributed by atoms with van der Waals surface area (Å²) in [5.41, 5.74) is 0. The van der Waals surface area contributed by atoms with Crippen LogP contribution >= 0.6 is 0 Å². The molecule has 1 aromatic rings. The monoisotopic (exact) mass is 195 g/mol. The number of rotatable bonds is 2. The lowest BCUT2D eigenvalue weighted by molar-refractivity contribution is 0.445. The minimum atomic E-state index is 0.555. The number of aromatic amines is 1. The molecule has 1 aliphatic heterocycles. The van der Waals surface area contributed by atoms with Crippen LogP contribution in [0.15, 0.2) is 4.99 Å². The Bertz CT molecular complexity index is 304. The Balaban J connectivity index is 1.88. The first-order valence-corrected chi connectivity index (χ1v) is 4.58. The lowest BCUT2D eigenvalue weighted by atomic mass is 10.3. The number of H-pyrrole nitrogens is 1. The number of aromatic nitrogens is 4. The second-order valence-corrected chi connectivity index (χ2v) is 3.16. The maximum Gasteiger partial charge on any atom is 0.194 e. The molecule has 2 N–H and O–H groups in total. The van der Waals surface area contributed by atoms with E-state index in [0.717, 1.165) is 25.5 Å². The van der Waals surface area contributed by atoms with Gasteiger partial charge in [-0.2, -0.15) is 5.21 Å². The molecular weight excluding hydrogens is 182 g/mol. The summed E-state index contributed by atoms with van der Waals surface area (Å²) in [6.45, 7) is 2.48. The summed E-state index contributed by atoms with van der Waals surface area (Å²) in [5, 5.41) is 16.7. The zero-order valence-electron chi connectivity index (χ0n) is 8.06. The summed E-state index contributed by atoms with van der Waals surface area (Å²) < 4.78 is 0. The van der Waals surface area contributed by atoms with Gasteiger partial charge in [-0.05, 0) is 6.42 Å². The molecule has 76 valence electrons. The first-order valence-electron chi connectivity index (χ1n) is 4.58. The third-order valence-electron chi connectivity index (χ3n) is 2.07. The molecule has 0 unspecified atom stereocenters. The summed E-state index contributed by atoms with van der Waals surface area (Å²) in [7, 11) is 2.02. The number of nitrogens with zero attached hydrogens (tertiary/aromatic N) is 5. The Morgan fingerprint density at radius 2 is 2.50 bits per heavy atom. The van der Waals surface area contributed by atoms with Crippen LogP contribution in [0.2, 0.25) is 0 Å². The van der Waals surface area contributed by atoms with Gasteiger partial charge in [0, 0.05) is 20.1 Å². The molecular formula is C7H13N7. The molecule has 0 aromatic carbocycles. The maximum atomic E-state index is 4.36. The molecule has 0 fully saturated rings. The van der Waals surface area contributed by atoms with Gasteiger partial charge in [-0.1, -0.05) is 5.21 Å². The quantitative estimate of drug-likeness (QED) is 0.631. The summed E-state index contributed by atoms with van der Waals surface area (Å²) in [4.78, 5) is 6.44. The van der Waals surface area contributed by atoms with Gasteiger partial charge in [0.25, 0.3) is 0 Å². The SMILES string of the molecule is CN1CCCN=C1NCc1nn[nH]n1. The molecule has 0 aliphatic carbocycles. The van der Waals surface area contributed by atoms with Crippen molar-refractivity contribution in [1.29, 1.82) is 0 Å². The van der Waals surface area contributed by atoms with E-state index in [0.29, 0.717) is 12.4 Å². The van der Waals surface area contributed by atoms with Gasteiger partial charge in [-0.25, -0.2) is 0 Å². The Kier molecular flexibility index (Phi) is 2.57. The molecule has 7 heteroatoms. The van der Waals surface area contributed by atoms with Crippen molar-refractivity contribution < 1.29 is 0 Å². The molecule has 14 heavy (non-hydrogen) atoms. The first kappa shape index (κ1) is 8.92. The van der Waals surface area contributed by atoms with Crippen LogP contribution in [0.4, 0.5) is 0 Å². The molecule has 2 rings (SSSR count). The highest BCUT2D eigenvalue weighted by molar-refractivity contribution is 5.80. The van der Waals surface area contributed by atoms with Crippen LogP contribution in [-0.2, 0) is 6.54 Å². The Hall–Kier alpha value is -1.66. The van der Waals surface area contributed by atoms with E-state index in [1.54, 1.807) is 0 Å². The average Bonchev–Trinajstić information content (AvgIpc) is 2.69. The van der Waals surface area contributed by atoms with Gasteiger partial charge in [-0.15, -0.1) is 10.2 Å². The van der Waals surface area contributed by atoms with Crippen molar-refractivity contribution in [1.82, 2.24) is 30.8 Å². The zero-order chi connectivity index (χ0) is 9.80. The number of aliphatic imine (C=N–C) groups is 1. The van der Waals surface area contributed by atoms with E-state index >= 15 is 0 Å². The fourth-order valence-corrected chi connectivity index (χ4v) is 1.33. The standard InChI is InChI=1S/C7H13N7/c1-14-4-2-3-8-7(14)9-5-6-10-12-13-11-6/h2-5H2,1H3,(H,8,9)(H,10,11,12,13). The summed E-state index contributed by atoms with van der Waals surface area (Å²) >= 11 is 0. The van der Waals surface area contributed by atoms with Gasteiger partial charge in [0.1, 0.15) is 0 Å². The van der Waals surface area contributed by atoms with Crippen molar-refractivity contribution in [3.63, 3.8) is 0 Å². The van der Waals surface area contributed by atoms with Crippen LogP contribution in [0.3, 0.4) is 0 Å². The van der Waals surface area contributed by atoms with Crippen molar-refractivity contribution >= 4 is 5.96 Å². The largest absolute Gasteiger partial charge is 0.349 e. The Morgan fingerprint density at radius 3 is 3.21 bits per heavy atom. The minimum absolute atomic E-state index is 0.555. The van der Waals surface area contributed by atoms with Gasteiger partial charge < -0.3 is 10.2 Å². The number of guanidine groups is 1. The number of hydrogen-bond acceptors (Lipinski definition) is 6. The van der Waals surface area contributed by atoms with Gasteiger partial charge in [0.05, 0.1) is 6.54 Å². The van der Waals surface area contributed by atoms with Crippen LogP contribution < -0.4 is 5.32 Å². The van der Waals surface area contributed by atoms with E-state index in [2.05, 4.69) is 35.8 Å². The molecule has 0 radical (unpaired) electrons. The van der Waals surface area contributed by atoms with Crippen molar-refractivity contribution in [2.24, 2.45) is 4.99 Å². The highest BCUT2D eigenvalue weighted by atomic mass is 15.5. The summed E-state index contributed by atoms with van der Waals surface area (Å²) in [6.07, 6.45) is 1.11. The fraction of sp³-hybridized carbons (Fsp3) is 0.714. The van der Waals surface area contributed by atoms with E-state index in [9.17, 15) is 0 Å². The predicted molar refractivity (Wildman–Crippen MR) is 50.6 cm³/mol. The minimum Gasteiger partial charge on any atom is -0.349 e. The van der Waals surface area contributed by atoms with Crippen molar-refractivity contribution in [2.45, 2.75) is 13.0 Å². The normalized spacial score (nSPS) is 16.6. The molecule has 0 saturated heterocycles. The van der Waals surface area contributed by atoms with Crippen LogP contribution in [0.1, 0.15) is 12.2 Å². The van der Waals surface area contributed by atoms with Gasteiger partial charge in [0.2, 0.25) is 0 Å². The molecule has 0 spiro atoms. The summed E-state index contributed by atoms with van der Waals surface area (Å²) in [5.74, 6) is 1.55. The van der Waals surface area contributed by atoms with Gasteiger partial charge in [-0.3, -0.25) is 4.99 Å². The molecule has 0 atom stereocenters. The number of tetrazole rings is 1. The smallest absolute Gasteiger partial charge is 0.194 e. The molecule has 0 bridgehead atoms. The van der Waals surface area contributed by atoms with Crippen molar-refractivity contribution in [3.8, 4) is 0 Å². The van der Waals surface area contributed by atoms with E-state index < -0.39 is 0 Å². The van der Waals surface area contributed by atoms with E-state index in [4.69, 9.17) is 0 Å². The topological polar surface area (TPSA) is 82.1 Å². The van der Waals surface area contributed by atoms with E-state index in [-0.39, 0.29) is 0 Å². The maximum absolute atomic E-state index is 4.36. The molecule has 0 amide bonds. The van der Waals surface area contributed by atoms with E-state index in [1.165, 1.54) is 0 Å². The Labute approximate surface area is 81.6 Å². The second-order valence-electron chi connectivity index (χ2n) is 3.16. The van der Waals surface area contributed by atoms with Gasteiger partial charge >= 0.3 is 0 Å². The fourth-order valence-electron chi connectivity index (χ4n) is 1.33. The molecule has 2 heterocycles.